The van der Waals surface area contributed by atoms with Crippen molar-refractivity contribution in [1.82, 2.24) is 29.2 Å². The predicted molar refractivity (Wildman–Crippen MR) is 109 cm³/mol. The highest BCUT2D eigenvalue weighted by Crippen LogP contribution is 2.24. The van der Waals surface area contributed by atoms with E-state index in [0.717, 1.165) is 37.2 Å². The number of rotatable bonds is 2. The van der Waals surface area contributed by atoms with Gasteiger partial charge in [-0.1, -0.05) is 0 Å². The fraction of sp³-hybridized carbons (Fsp3) is 0.333. The first-order valence-electron chi connectivity index (χ1n) is 9.76. The number of hydrogen-bond donors (Lipinski definition) is 1. The first-order chi connectivity index (χ1) is 14.0. The van der Waals surface area contributed by atoms with Crippen molar-refractivity contribution in [3.63, 3.8) is 0 Å². The zero-order valence-corrected chi connectivity index (χ0v) is 16.3. The molecule has 4 aromatic rings. The summed E-state index contributed by atoms with van der Waals surface area (Å²) in [5.74, 6) is -0.0517. The van der Waals surface area contributed by atoms with Gasteiger partial charge in [-0.3, -0.25) is 4.79 Å². The van der Waals surface area contributed by atoms with Crippen LogP contribution < -0.4 is 10.9 Å². The smallest absolute Gasteiger partial charge is 0.261 e. The molecule has 5 heterocycles. The lowest BCUT2D eigenvalue weighted by Gasteiger charge is -2.25. The molecular formula is C21H21FN6O. The maximum Gasteiger partial charge on any atom is 0.261 e. The summed E-state index contributed by atoms with van der Waals surface area (Å²) >= 11 is 0. The van der Waals surface area contributed by atoms with E-state index in [9.17, 15) is 9.18 Å². The van der Waals surface area contributed by atoms with Gasteiger partial charge in [0, 0.05) is 36.4 Å². The van der Waals surface area contributed by atoms with Gasteiger partial charge in [0.25, 0.3) is 5.56 Å². The lowest BCUT2D eigenvalue weighted by molar-refractivity contribution is 0.361. The minimum atomic E-state index is -0.433. The van der Waals surface area contributed by atoms with Crippen LogP contribution in [0.5, 0.6) is 0 Å². The second-order valence-electron chi connectivity index (χ2n) is 7.65. The number of nitrogens with zero attached hydrogens (tertiary/aromatic N) is 5. The molecule has 1 saturated heterocycles. The molecule has 0 spiro atoms. The summed E-state index contributed by atoms with van der Waals surface area (Å²) < 4.78 is 17.9. The van der Waals surface area contributed by atoms with Crippen LogP contribution in [0.4, 0.5) is 4.39 Å². The molecule has 0 amide bonds. The van der Waals surface area contributed by atoms with Crippen LogP contribution in [-0.4, -0.2) is 37.0 Å². The summed E-state index contributed by atoms with van der Waals surface area (Å²) in [7, 11) is 0. The summed E-state index contributed by atoms with van der Waals surface area (Å²) in [5, 5.41) is 3.82. The first-order valence-corrected chi connectivity index (χ1v) is 9.76. The molecule has 0 bridgehead atoms. The summed E-state index contributed by atoms with van der Waals surface area (Å²) in [6.07, 6.45) is 8.81. The van der Waals surface area contributed by atoms with Crippen molar-refractivity contribution in [1.29, 1.82) is 0 Å². The maximum atomic E-state index is 14.5. The minimum absolute atomic E-state index is 0.0732. The topological polar surface area (TPSA) is 77.1 Å². The Balaban J connectivity index is 1.64. The lowest BCUT2D eigenvalue weighted by Crippen LogP contribution is -2.34. The van der Waals surface area contributed by atoms with Gasteiger partial charge in [-0.2, -0.15) is 0 Å². The molecule has 7 nitrogen and oxygen atoms in total. The normalized spacial score (nSPS) is 15.4. The molecule has 0 radical (unpaired) electrons. The Morgan fingerprint density at radius 2 is 1.93 bits per heavy atom. The van der Waals surface area contributed by atoms with Crippen molar-refractivity contribution >= 4 is 16.6 Å². The molecule has 0 saturated carbocycles. The van der Waals surface area contributed by atoms with Crippen LogP contribution in [0.15, 0.2) is 35.6 Å². The molecule has 0 aromatic carbocycles. The molecule has 8 heteroatoms. The van der Waals surface area contributed by atoms with Crippen LogP contribution in [0.3, 0.4) is 0 Å². The van der Waals surface area contributed by atoms with Crippen LogP contribution in [0.2, 0.25) is 0 Å². The number of piperidine rings is 1. The Labute approximate surface area is 166 Å². The molecule has 1 fully saturated rings. The summed E-state index contributed by atoms with van der Waals surface area (Å²) in [4.78, 5) is 26.2. The van der Waals surface area contributed by atoms with Crippen molar-refractivity contribution in [2.45, 2.75) is 32.7 Å². The Hall–Kier alpha value is -3.13. The number of aryl methyl sites for hydroxylation is 2. The molecule has 4 aromatic heterocycles. The van der Waals surface area contributed by atoms with Gasteiger partial charge in [0.05, 0.1) is 16.6 Å². The maximum absolute atomic E-state index is 14.5. The molecule has 29 heavy (non-hydrogen) atoms. The highest BCUT2D eigenvalue weighted by Gasteiger charge is 2.19. The molecule has 1 aliphatic heterocycles. The van der Waals surface area contributed by atoms with Crippen molar-refractivity contribution in [2.75, 3.05) is 13.1 Å². The molecule has 1 N–H and O–H groups in total. The van der Waals surface area contributed by atoms with Gasteiger partial charge in [0.1, 0.15) is 0 Å². The van der Waals surface area contributed by atoms with Gasteiger partial charge >= 0.3 is 0 Å². The van der Waals surface area contributed by atoms with Gasteiger partial charge < -0.3 is 14.3 Å². The molecule has 0 aliphatic carbocycles. The van der Waals surface area contributed by atoms with E-state index in [4.69, 9.17) is 0 Å². The molecule has 148 valence electrons. The van der Waals surface area contributed by atoms with E-state index in [0.29, 0.717) is 22.3 Å². The van der Waals surface area contributed by atoms with E-state index in [1.807, 2.05) is 24.6 Å². The van der Waals surface area contributed by atoms with Gasteiger partial charge in [0.15, 0.2) is 17.3 Å². The number of pyridine rings is 2. The third kappa shape index (κ3) is 3.00. The van der Waals surface area contributed by atoms with E-state index < -0.39 is 5.82 Å². The molecule has 0 atom stereocenters. The number of hydrogen-bond acceptors (Lipinski definition) is 5. The lowest BCUT2D eigenvalue weighted by atomic mass is 10.1. The molecular weight excluding hydrogens is 371 g/mol. The third-order valence-corrected chi connectivity index (χ3v) is 5.55. The summed E-state index contributed by atoms with van der Waals surface area (Å²) in [5.41, 5.74) is 2.98. The fourth-order valence-corrected chi connectivity index (χ4v) is 4.10. The van der Waals surface area contributed by atoms with Crippen LogP contribution >= 0.6 is 0 Å². The van der Waals surface area contributed by atoms with Crippen LogP contribution in [0.1, 0.15) is 30.1 Å². The number of fused-ring (bicyclic) bond motifs is 2. The van der Waals surface area contributed by atoms with Gasteiger partial charge in [-0.15, -0.1) is 0 Å². The van der Waals surface area contributed by atoms with Gasteiger partial charge in [-0.05, 0) is 51.4 Å². The van der Waals surface area contributed by atoms with E-state index in [1.165, 1.54) is 6.07 Å². The molecule has 1 aliphatic rings. The average molecular weight is 392 g/mol. The van der Waals surface area contributed by atoms with Crippen molar-refractivity contribution in [3.05, 3.63) is 58.3 Å². The number of halogens is 1. The third-order valence-electron chi connectivity index (χ3n) is 5.55. The highest BCUT2D eigenvalue weighted by atomic mass is 19.1. The van der Waals surface area contributed by atoms with Gasteiger partial charge in [-0.25, -0.2) is 19.3 Å². The van der Waals surface area contributed by atoms with Crippen LogP contribution in [0.25, 0.3) is 27.9 Å². The van der Waals surface area contributed by atoms with Crippen molar-refractivity contribution < 1.29 is 4.39 Å². The van der Waals surface area contributed by atoms with E-state index in [1.54, 1.807) is 23.0 Å². The SMILES string of the molecule is Cc1cn2cc(-c3ncc4c(=O)n(C5CCNCC5)cc(C)c4n3)cc(F)c2n1. The number of nitrogens with one attached hydrogen (secondary N) is 1. The largest absolute Gasteiger partial charge is 0.317 e. The van der Waals surface area contributed by atoms with Crippen LogP contribution in [-0.2, 0) is 0 Å². The first kappa shape index (κ1) is 17.9. The van der Waals surface area contributed by atoms with E-state index in [-0.39, 0.29) is 17.2 Å². The zero-order valence-electron chi connectivity index (χ0n) is 16.3. The number of imidazole rings is 1. The van der Waals surface area contributed by atoms with E-state index in [2.05, 4.69) is 20.3 Å². The summed E-state index contributed by atoms with van der Waals surface area (Å²) in [6.45, 7) is 5.57. The van der Waals surface area contributed by atoms with Gasteiger partial charge in [0.2, 0.25) is 0 Å². The van der Waals surface area contributed by atoms with Crippen molar-refractivity contribution in [2.24, 2.45) is 0 Å². The minimum Gasteiger partial charge on any atom is -0.317 e. The molecule has 5 rings (SSSR count). The Kier molecular flexibility index (Phi) is 4.16. The van der Waals surface area contributed by atoms with Crippen LogP contribution in [0, 0.1) is 19.7 Å². The fourth-order valence-electron chi connectivity index (χ4n) is 4.10. The number of aromatic nitrogens is 5. The second-order valence-corrected chi connectivity index (χ2v) is 7.65. The standard InChI is InChI=1S/C21H21FN6O/c1-12-9-28(15-3-5-23-6-4-15)21(29)16-8-24-19(26-18(12)16)14-7-17(22)20-25-13(2)10-27(20)11-14/h7-11,15,23H,3-6H2,1-2H3. The summed E-state index contributed by atoms with van der Waals surface area (Å²) in [6, 6.07) is 1.57. The molecule has 0 unspecified atom stereocenters. The Morgan fingerprint density at radius 3 is 2.72 bits per heavy atom. The quantitative estimate of drug-likeness (QED) is 0.568. The monoisotopic (exact) mass is 392 g/mol. The Morgan fingerprint density at radius 1 is 1.14 bits per heavy atom. The zero-order chi connectivity index (χ0) is 20.1. The highest BCUT2D eigenvalue weighted by molar-refractivity contribution is 5.81. The van der Waals surface area contributed by atoms with E-state index >= 15 is 0 Å². The average Bonchev–Trinajstić information content (AvgIpc) is 3.12. The Bertz CT molecular complexity index is 1300. The van der Waals surface area contributed by atoms with Crippen molar-refractivity contribution in [3.8, 4) is 11.4 Å². The second kappa shape index (κ2) is 6.73. The predicted octanol–water partition coefficient (Wildman–Crippen LogP) is 2.79.